The van der Waals surface area contributed by atoms with E-state index >= 15 is 0 Å². The second-order valence-corrected chi connectivity index (χ2v) is 2.69. The van der Waals surface area contributed by atoms with Crippen LogP contribution in [0.3, 0.4) is 0 Å². The quantitative estimate of drug-likeness (QED) is 0.430. The molecule has 0 aliphatic heterocycles. The van der Waals surface area contributed by atoms with Gasteiger partial charge in [0.05, 0.1) is 6.10 Å². The van der Waals surface area contributed by atoms with Gasteiger partial charge in [-0.2, -0.15) is 0 Å². The molecule has 56 valence electrons. The van der Waals surface area contributed by atoms with Crippen LogP contribution in [-0.4, -0.2) is 6.10 Å². The number of hydrogen-bond donors (Lipinski definition) is 0. The number of allylic oxidation sites excluding steroid dienone is 1. The van der Waals surface area contributed by atoms with E-state index in [-0.39, 0.29) is 0 Å². The summed E-state index contributed by atoms with van der Waals surface area (Å²) in [5.74, 6) is 0.715. The van der Waals surface area contributed by atoms with E-state index < -0.39 is 0 Å². The minimum atomic E-state index is 0.422. The van der Waals surface area contributed by atoms with Gasteiger partial charge < -0.3 is 4.74 Å². The van der Waals surface area contributed by atoms with Crippen molar-refractivity contribution in [2.24, 2.45) is 0 Å². The lowest BCUT2D eigenvalue weighted by atomic mass is 10.3. The van der Waals surface area contributed by atoms with Crippen LogP contribution in [0, 0.1) is 0 Å². The van der Waals surface area contributed by atoms with Crippen molar-refractivity contribution in [1.82, 2.24) is 0 Å². The lowest BCUT2D eigenvalue weighted by molar-refractivity contribution is 0.132. The Balaban J connectivity index is 2.23. The van der Waals surface area contributed by atoms with Gasteiger partial charge >= 0.3 is 0 Å². The van der Waals surface area contributed by atoms with E-state index in [1.54, 1.807) is 6.08 Å². The highest BCUT2D eigenvalue weighted by atomic mass is 16.5. The summed E-state index contributed by atoms with van der Waals surface area (Å²) in [6.07, 6.45) is 7.06. The van der Waals surface area contributed by atoms with E-state index in [0.29, 0.717) is 11.9 Å². The number of rotatable bonds is 3. The highest BCUT2D eigenvalue weighted by Gasteiger charge is 2.15. The van der Waals surface area contributed by atoms with E-state index in [1.807, 2.05) is 0 Å². The first kappa shape index (κ1) is 7.39. The SMILES string of the molecule is C=CC(=C)OC1CCCC1. The third-order valence-electron chi connectivity index (χ3n) is 1.85. The van der Waals surface area contributed by atoms with Gasteiger partial charge in [0.25, 0.3) is 0 Å². The molecule has 0 N–H and O–H groups in total. The Kier molecular flexibility index (Phi) is 2.55. The maximum Gasteiger partial charge on any atom is 0.111 e. The molecule has 1 heteroatoms. The minimum Gasteiger partial charge on any atom is -0.491 e. The minimum absolute atomic E-state index is 0.422. The van der Waals surface area contributed by atoms with Gasteiger partial charge in [0.15, 0.2) is 0 Å². The molecule has 0 radical (unpaired) electrons. The van der Waals surface area contributed by atoms with Gasteiger partial charge in [0.1, 0.15) is 5.76 Å². The third kappa shape index (κ3) is 1.90. The van der Waals surface area contributed by atoms with E-state index in [4.69, 9.17) is 4.74 Å². The van der Waals surface area contributed by atoms with Crippen molar-refractivity contribution >= 4 is 0 Å². The molecule has 1 aliphatic carbocycles. The summed E-state index contributed by atoms with van der Waals surface area (Å²) in [6.45, 7) is 7.27. The Morgan fingerprint density at radius 3 is 2.50 bits per heavy atom. The van der Waals surface area contributed by atoms with Crippen molar-refractivity contribution in [2.45, 2.75) is 31.8 Å². The largest absolute Gasteiger partial charge is 0.491 e. The molecule has 1 fully saturated rings. The molecule has 0 aromatic rings. The van der Waals surface area contributed by atoms with Crippen LogP contribution in [0.4, 0.5) is 0 Å². The van der Waals surface area contributed by atoms with Crippen molar-refractivity contribution in [3.8, 4) is 0 Å². The molecule has 0 aromatic heterocycles. The Morgan fingerprint density at radius 2 is 2.00 bits per heavy atom. The Labute approximate surface area is 62.4 Å². The van der Waals surface area contributed by atoms with Gasteiger partial charge in [0, 0.05) is 0 Å². The summed E-state index contributed by atoms with van der Waals surface area (Å²) < 4.78 is 5.45. The van der Waals surface area contributed by atoms with Crippen molar-refractivity contribution < 1.29 is 4.74 Å². The lowest BCUT2D eigenvalue weighted by Gasteiger charge is -2.11. The summed E-state index contributed by atoms with van der Waals surface area (Å²) in [4.78, 5) is 0. The molecule has 0 aromatic carbocycles. The topological polar surface area (TPSA) is 9.23 Å². The molecule has 10 heavy (non-hydrogen) atoms. The van der Waals surface area contributed by atoms with Crippen LogP contribution in [0.25, 0.3) is 0 Å². The van der Waals surface area contributed by atoms with E-state index in [0.717, 1.165) is 0 Å². The second-order valence-electron chi connectivity index (χ2n) is 2.69. The summed E-state index contributed by atoms with van der Waals surface area (Å²) >= 11 is 0. The zero-order valence-corrected chi connectivity index (χ0v) is 6.31. The Hall–Kier alpha value is -0.720. The maximum absolute atomic E-state index is 5.45. The Bertz CT molecular complexity index is 132. The van der Waals surface area contributed by atoms with Gasteiger partial charge in [-0.25, -0.2) is 0 Å². The first-order chi connectivity index (χ1) is 4.83. The van der Waals surface area contributed by atoms with E-state index in [2.05, 4.69) is 13.2 Å². The Morgan fingerprint density at radius 1 is 1.40 bits per heavy atom. The highest BCUT2D eigenvalue weighted by Crippen LogP contribution is 2.22. The molecule has 0 heterocycles. The molecule has 0 bridgehead atoms. The molecule has 1 aliphatic rings. The molecule has 0 amide bonds. The molecular formula is C9H14O. The van der Waals surface area contributed by atoms with Crippen LogP contribution >= 0.6 is 0 Å². The molecule has 1 saturated carbocycles. The van der Waals surface area contributed by atoms with Gasteiger partial charge in [-0.1, -0.05) is 13.2 Å². The average Bonchev–Trinajstić information content (AvgIpc) is 2.40. The predicted octanol–water partition coefficient (Wildman–Crippen LogP) is 2.65. The third-order valence-corrected chi connectivity index (χ3v) is 1.85. The van der Waals surface area contributed by atoms with Crippen molar-refractivity contribution in [3.05, 3.63) is 25.0 Å². The fourth-order valence-electron chi connectivity index (χ4n) is 1.27. The van der Waals surface area contributed by atoms with Crippen LogP contribution in [-0.2, 0) is 4.74 Å². The van der Waals surface area contributed by atoms with Gasteiger partial charge in [-0.3, -0.25) is 0 Å². The summed E-state index contributed by atoms with van der Waals surface area (Å²) in [7, 11) is 0. The van der Waals surface area contributed by atoms with Crippen molar-refractivity contribution in [1.29, 1.82) is 0 Å². The number of hydrogen-bond acceptors (Lipinski definition) is 1. The van der Waals surface area contributed by atoms with Gasteiger partial charge in [-0.15, -0.1) is 0 Å². The number of ether oxygens (including phenoxy) is 1. The zero-order valence-electron chi connectivity index (χ0n) is 6.31. The molecule has 1 nitrogen and oxygen atoms in total. The summed E-state index contributed by atoms with van der Waals surface area (Å²) in [6, 6.07) is 0. The van der Waals surface area contributed by atoms with Crippen LogP contribution in [0.15, 0.2) is 25.0 Å². The first-order valence-electron chi connectivity index (χ1n) is 3.81. The average molecular weight is 138 g/mol. The van der Waals surface area contributed by atoms with E-state index in [1.165, 1.54) is 25.7 Å². The maximum atomic E-state index is 5.45. The fraction of sp³-hybridized carbons (Fsp3) is 0.556. The normalized spacial score (nSPS) is 18.8. The second kappa shape index (κ2) is 3.45. The molecule has 0 unspecified atom stereocenters. The smallest absolute Gasteiger partial charge is 0.111 e. The van der Waals surface area contributed by atoms with Gasteiger partial charge in [0.2, 0.25) is 0 Å². The molecular weight excluding hydrogens is 124 g/mol. The molecule has 0 atom stereocenters. The monoisotopic (exact) mass is 138 g/mol. The van der Waals surface area contributed by atoms with Crippen LogP contribution in [0.2, 0.25) is 0 Å². The van der Waals surface area contributed by atoms with Crippen molar-refractivity contribution in [2.75, 3.05) is 0 Å². The van der Waals surface area contributed by atoms with E-state index in [9.17, 15) is 0 Å². The zero-order chi connectivity index (χ0) is 7.40. The molecule has 1 rings (SSSR count). The molecule has 0 saturated heterocycles. The predicted molar refractivity (Wildman–Crippen MR) is 42.7 cm³/mol. The van der Waals surface area contributed by atoms with Crippen LogP contribution in [0.5, 0.6) is 0 Å². The summed E-state index contributed by atoms with van der Waals surface area (Å²) in [5, 5.41) is 0. The van der Waals surface area contributed by atoms with Crippen LogP contribution < -0.4 is 0 Å². The first-order valence-corrected chi connectivity index (χ1v) is 3.81. The lowest BCUT2D eigenvalue weighted by Crippen LogP contribution is -2.04. The standard InChI is InChI=1S/C9H14O/c1-3-8(2)10-9-6-4-5-7-9/h3,9H,1-2,4-7H2. The highest BCUT2D eigenvalue weighted by molar-refractivity contribution is 5.02. The fourth-order valence-corrected chi connectivity index (χ4v) is 1.27. The summed E-state index contributed by atoms with van der Waals surface area (Å²) in [5.41, 5.74) is 0. The van der Waals surface area contributed by atoms with Gasteiger partial charge in [-0.05, 0) is 31.8 Å². The van der Waals surface area contributed by atoms with Crippen molar-refractivity contribution in [3.63, 3.8) is 0 Å². The molecule has 0 spiro atoms. The van der Waals surface area contributed by atoms with Crippen LogP contribution in [0.1, 0.15) is 25.7 Å².